The van der Waals surface area contributed by atoms with Gasteiger partial charge in [-0.25, -0.2) is 9.98 Å². The van der Waals surface area contributed by atoms with Crippen molar-refractivity contribution in [3.63, 3.8) is 0 Å². The van der Waals surface area contributed by atoms with Crippen LogP contribution in [0.5, 0.6) is 0 Å². The summed E-state index contributed by atoms with van der Waals surface area (Å²) in [6.07, 6.45) is 7.95. The zero-order valence-corrected chi connectivity index (χ0v) is 18.5. The van der Waals surface area contributed by atoms with Crippen LogP contribution in [0.4, 0.5) is 0 Å². The third-order valence-electron chi connectivity index (χ3n) is 5.84. The molecule has 2 aromatic rings. The molecule has 2 saturated heterocycles. The molecule has 1 aromatic carbocycles. The first-order chi connectivity index (χ1) is 15.3. The molecule has 4 rings (SSSR count). The predicted molar refractivity (Wildman–Crippen MR) is 121 cm³/mol. The highest BCUT2D eigenvalue weighted by atomic mass is 16.5. The molecule has 1 unspecified atom stereocenters. The van der Waals surface area contributed by atoms with E-state index in [0.717, 1.165) is 69.4 Å². The Bertz CT molecular complexity index is 809. The van der Waals surface area contributed by atoms with Crippen molar-refractivity contribution in [1.29, 1.82) is 0 Å². The van der Waals surface area contributed by atoms with Gasteiger partial charge in [-0.1, -0.05) is 30.3 Å². The second-order valence-electron chi connectivity index (χ2n) is 8.16. The average Bonchev–Trinajstić information content (AvgIpc) is 3.31. The number of nitrogens with one attached hydrogen (secondary N) is 1. The van der Waals surface area contributed by atoms with Crippen LogP contribution in [0, 0.1) is 0 Å². The molecule has 0 spiro atoms. The van der Waals surface area contributed by atoms with Crippen molar-refractivity contribution in [2.45, 2.75) is 57.8 Å². The molecule has 2 aliphatic heterocycles. The van der Waals surface area contributed by atoms with E-state index in [2.05, 4.69) is 22.1 Å². The van der Waals surface area contributed by atoms with Gasteiger partial charge in [-0.3, -0.25) is 0 Å². The maximum atomic E-state index is 6.15. The molecule has 0 saturated carbocycles. The van der Waals surface area contributed by atoms with Crippen LogP contribution in [0.1, 0.15) is 44.9 Å². The van der Waals surface area contributed by atoms with Gasteiger partial charge in [-0.2, -0.15) is 0 Å². The molecule has 2 fully saturated rings. The summed E-state index contributed by atoms with van der Waals surface area (Å²) in [6, 6.07) is 10.0. The van der Waals surface area contributed by atoms with E-state index in [-0.39, 0.29) is 6.10 Å². The molecule has 2 aliphatic rings. The van der Waals surface area contributed by atoms with Crippen LogP contribution >= 0.6 is 0 Å². The summed E-state index contributed by atoms with van der Waals surface area (Å²) in [5.74, 6) is 2.31. The predicted octanol–water partition coefficient (Wildman–Crippen LogP) is 3.86. The highest BCUT2D eigenvalue weighted by molar-refractivity contribution is 5.80. The fourth-order valence-corrected chi connectivity index (χ4v) is 4.10. The standard InChI is InChI=1S/C24H34N4O3/c1-2-25-24(27-17-23-26-16-22(31-23)19-8-4-3-5-9-19)28-13-11-20(12-14-28)30-18-21-10-6-7-15-29-21/h3-5,8-9,16,20-21H,2,6-7,10-15,17-18H2,1H3,(H,25,27). The number of guanidine groups is 1. The molecule has 168 valence electrons. The number of likely N-dealkylation sites (tertiary alicyclic amines) is 1. The first-order valence-electron chi connectivity index (χ1n) is 11.6. The van der Waals surface area contributed by atoms with Gasteiger partial charge >= 0.3 is 0 Å². The molecule has 7 nitrogen and oxygen atoms in total. The number of benzene rings is 1. The molecule has 31 heavy (non-hydrogen) atoms. The van der Waals surface area contributed by atoms with E-state index >= 15 is 0 Å². The van der Waals surface area contributed by atoms with Crippen LogP contribution in [0.15, 0.2) is 45.9 Å². The van der Waals surface area contributed by atoms with Gasteiger partial charge in [0, 0.05) is 31.8 Å². The lowest BCUT2D eigenvalue weighted by Gasteiger charge is -2.35. The van der Waals surface area contributed by atoms with E-state index in [9.17, 15) is 0 Å². The number of rotatable bonds is 7. The summed E-state index contributed by atoms with van der Waals surface area (Å²) >= 11 is 0. The summed E-state index contributed by atoms with van der Waals surface area (Å²) in [7, 11) is 0. The maximum Gasteiger partial charge on any atom is 0.216 e. The number of hydrogen-bond donors (Lipinski definition) is 1. The van der Waals surface area contributed by atoms with Crippen LogP contribution < -0.4 is 5.32 Å². The summed E-state index contributed by atoms with van der Waals surface area (Å²) in [5, 5.41) is 3.41. The van der Waals surface area contributed by atoms with Crippen molar-refractivity contribution in [3.05, 3.63) is 42.4 Å². The van der Waals surface area contributed by atoms with Gasteiger partial charge in [0.15, 0.2) is 11.7 Å². The topological polar surface area (TPSA) is 72.1 Å². The monoisotopic (exact) mass is 426 g/mol. The van der Waals surface area contributed by atoms with E-state index in [0.29, 0.717) is 18.5 Å². The second kappa shape index (κ2) is 11.3. The Hall–Kier alpha value is -2.38. The number of nitrogens with zero attached hydrogens (tertiary/aromatic N) is 3. The number of hydrogen-bond acceptors (Lipinski definition) is 5. The zero-order chi connectivity index (χ0) is 21.3. The van der Waals surface area contributed by atoms with Gasteiger partial charge in [0.05, 0.1) is 25.0 Å². The zero-order valence-electron chi connectivity index (χ0n) is 18.5. The SMILES string of the molecule is CCNC(=NCc1ncc(-c2ccccc2)o1)N1CCC(OCC2CCCCO2)CC1. The molecule has 0 aliphatic carbocycles. The van der Waals surface area contributed by atoms with Crippen LogP contribution in [-0.4, -0.2) is 60.9 Å². The largest absolute Gasteiger partial charge is 0.439 e. The molecule has 1 aromatic heterocycles. The number of ether oxygens (including phenoxy) is 2. The lowest BCUT2D eigenvalue weighted by Crippen LogP contribution is -2.47. The molecular formula is C24H34N4O3. The van der Waals surface area contributed by atoms with Crippen molar-refractivity contribution in [3.8, 4) is 11.3 Å². The molecule has 0 radical (unpaired) electrons. The van der Waals surface area contributed by atoms with Crippen LogP contribution in [0.2, 0.25) is 0 Å². The van der Waals surface area contributed by atoms with Crippen LogP contribution in [0.25, 0.3) is 11.3 Å². The van der Waals surface area contributed by atoms with E-state index in [1.165, 1.54) is 12.8 Å². The Balaban J connectivity index is 1.27. The number of aromatic nitrogens is 1. The molecule has 3 heterocycles. The first kappa shape index (κ1) is 21.8. The van der Waals surface area contributed by atoms with Gasteiger partial charge in [0.25, 0.3) is 0 Å². The average molecular weight is 427 g/mol. The summed E-state index contributed by atoms with van der Waals surface area (Å²) in [4.78, 5) is 11.5. The Morgan fingerprint density at radius 3 is 2.77 bits per heavy atom. The van der Waals surface area contributed by atoms with E-state index in [1.807, 2.05) is 30.3 Å². The van der Waals surface area contributed by atoms with Crippen molar-refractivity contribution in [2.24, 2.45) is 4.99 Å². The van der Waals surface area contributed by atoms with Gasteiger partial charge in [0.1, 0.15) is 6.54 Å². The van der Waals surface area contributed by atoms with E-state index < -0.39 is 0 Å². The maximum absolute atomic E-state index is 6.15. The Morgan fingerprint density at radius 1 is 1.19 bits per heavy atom. The van der Waals surface area contributed by atoms with E-state index in [4.69, 9.17) is 18.9 Å². The quantitative estimate of drug-likeness (QED) is 0.535. The third-order valence-corrected chi connectivity index (χ3v) is 5.84. The highest BCUT2D eigenvalue weighted by Gasteiger charge is 2.24. The van der Waals surface area contributed by atoms with Gasteiger partial charge < -0.3 is 24.1 Å². The fraction of sp³-hybridized carbons (Fsp3) is 0.583. The lowest BCUT2D eigenvalue weighted by atomic mass is 10.1. The van der Waals surface area contributed by atoms with Crippen molar-refractivity contribution < 1.29 is 13.9 Å². The van der Waals surface area contributed by atoms with Gasteiger partial charge in [0.2, 0.25) is 5.89 Å². The van der Waals surface area contributed by atoms with Crippen molar-refractivity contribution >= 4 is 5.96 Å². The minimum absolute atomic E-state index is 0.284. The number of piperidine rings is 1. The molecule has 1 atom stereocenters. The molecular weight excluding hydrogens is 392 g/mol. The first-order valence-corrected chi connectivity index (χ1v) is 11.6. The minimum Gasteiger partial charge on any atom is -0.439 e. The molecule has 7 heteroatoms. The summed E-state index contributed by atoms with van der Waals surface area (Å²) in [6.45, 7) is 6.82. The molecule has 1 N–H and O–H groups in total. The molecule has 0 amide bonds. The highest BCUT2D eigenvalue weighted by Crippen LogP contribution is 2.21. The molecule has 0 bridgehead atoms. The number of aliphatic imine (C=N–C) groups is 1. The third kappa shape index (κ3) is 6.31. The van der Waals surface area contributed by atoms with Gasteiger partial charge in [-0.05, 0) is 39.0 Å². The summed E-state index contributed by atoms with van der Waals surface area (Å²) < 4.78 is 17.8. The second-order valence-corrected chi connectivity index (χ2v) is 8.16. The Morgan fingerprint density at radius 2 is 2.03 bits per heavy atom. The van der Waals surface area contributed by atoms with Crippen molar-refractivity contribution in [2.75, 3.05) is 32.8 Å². The normalized spacial score (nSPS) is 20.7. The Kier molecular flexibility index (Phi) is 7.96. The van der Waals surface area contributed by atoms with Crippen LogP contribution in [0.3, 0.4) is 0 Å². The number of oxazole rings is 1. The van der Waals surface area contributed by atoms with Gasteiger partial charge in [-0.15, -0.1) is 0 Å². The Labute approximate surface area is 184 Å². The minimum atomic E-state index is 0.284. The lowest BCUT2D eigenvalue weighted by molar-refractivity contribution is -0.0721. The van der Waals surface area contributed by atoms with Crippen molar-refractivity contribution in [1.82, 2.24) is 15.2 Å². The van der Waals surface area contributed by atoms with E-state index in [1.54, 1.807) is 6.20 Å². The smallest absolute Gasteiger partial charge is 0.216 e. The fourth-order valence-electron chi connectivity index (χ4n) is 4.10. The van der Waals surface area contributed by atoms with Crippen LogP contribution in [-0.2, 0) is 16.0 Å². The summed E-state index contributed by atoms with van der Waals surface area (Å²) in [5.41, 5.74) is 1.03.